The number of hydrogen-bond donors (Lipinski definition) is 2. The number of alkyl halides is 1. The minimum absolute atomic E-state index is 0.0528. The Morgan fingerprint density at radius 1 is 1.24 bits per heavy atom. The van der Waals surface area contributed by atoms with E-state index in [9.17, 15) is 9.50 Å². The van der Waals surface area contributed by atoms with Crippen LogP contribution in [0.5, 0.6) is 0 Å². The Hall–Kier alpha value is -0.790. The Morgan fingerprint density at radius 2 is 2.00 bits per heavy atom. The predicted molar refractivity (Wildman–Crippen MR) is 135 cm³/mol. The maximum absolute atomic E-state index is 15.2. The first-order valence-electron chi connectivity index (χ1n) is 13.1. The molecule has 1 unspecified atom stereocenters. The number of nitrogens with one attached hydrogen (secondary N) is 1. The van der Waals surface area contributed by atoms with Crippen LogP contribution in [0.15, 0.2) is 18.2 Å². The third-order valence-electron chi connectivity index (χ3n) is 8.04. The molecule has 1 aliphatic heterocycles. The quantitative estimate of drug-likeness (QED) is 0.361. The van der Waals surface area contributed by atoms with Crippen molar-refractivity contribution in [1.29, 1.82) is 0 Å². The van der Waals surface area contributed by atoms with Crippen LogP contribution in [0.1, 0.15) is 69.8 Å². The third-order valence-corrected chi connectivity index (χ3v) is 8.33. The van der Waals surface area contributed by atoms with E-state index < -0.39 is 17.6 Å². The molecule has 0 bridgehead atoms. The van der Waals surface area contributed by atoms with E-state index in [0.717, 1.165) is 64.6 Å². The van der Waals surface area contributed by atoms with Crippen LogP contribution < -0.4 is 5.32 Å². The van der Waals surface area contributed by atoms with Crippen LogP contribution in [0.4, 0.5) is 8.78 Å². The molecular weight excluding hydrogens is 458 g/mol. The number of likely N-dealkylation sites (tertiary alicyclic amines) is 1. The van der Waals surface area contributed by atoms with Gasteiger partial charge in [-0.3, -0.25) is 4.90 Å². The highest BCUT2D eigenvalue weighted by molar-refractivity contribution is 6.30. The number of benzene rings is 1. The summed E-state index contributed by atoms with van der Waals surface area (Å²) in [5, 5.41) is 15.5. The lowest BCUT2D eigenvalue weighted by molar-refractivity contribution is -0.0712. The number of nitrogens with zero attached hydrogens (tertiary/aromatic N) is 1. The number of hydrogen-bond acceptors (Lipinski definition) is 4. The number of ether oxygens (including phenoxy) is 1. The van der Waals surface area contributed by atoms with E-state index in [4.69, 9.17) is 16.3 Å². The summed E-state index contributed by atoms with van der Waals surface area (Å²) in [6.45, 7) is 3.17. The van der Waals surface area contributed by atoms with Gasteiger partial charge in [0.1, 0.15) is 12.0 Å². The van der Waals surface area contributed by atoms with Gasteiger partial charge < -0.3 is 15.2 Å². The number of rotatable bonds is 12. The first kappa shape index (κ1) is 27.8. The smallest absolute Gasteiger partial charge is 0.147 e. The third kappa shape index (κ3) is 7.13. The van der Waals surface area contributed by atoms with E-state index in [1.54, 1.807) is 19.2 Å². The number of unbranched alkanes of at least 4 members (excludes halogenated alkanes) is 1. The Labute approximate surface area is 209 Å². The Bertz CT molecular complexity index is 747. The summed E-state index contributed by atoms with van der Waals surface area (Å²) >= 11 is 6.13. The maximum Gasteiger partial charge on any atom is 0.147 e. The van der Waals surface area contributed by atoms with Crippen LogP contribution in [0.2, 0.25) is 5.02 Å². The zero-order valence-electron chi connectivity index (χ0n) is 20.9. The normalized spacial score (nSPS) is 26.8. The zero-order chi connectivity index (χ0) is 24.6. The standard InChI is InChI=1S/C27H43ClF2N2O2/c1-31-18-23(17-20-10-12-22(29)13-11-20)32-15-6-7-21(19-32)27(33,14-3-4-16-34-2)24-8-5-9-25(28)26(24)30/h5,8-9,20-23,31,33H,3-4,6-7,10-19H2,1-2H3/t20?,21-,22?,23?,27+/m1/s1. The molecule has 1 aliphatic carbocycles. The minimum Gasteiger partial charge on any atom is -0.385 e. The number of aliphatic hydroxyl groups is 1. The van der Waals surface area contributed by atoms with Crippen molar-refractivity contribution in [3.05, 3.63) is 34.6 Å². The average molecular weight is 501 g/mol. The molecule has 1 saturated carbocycles. The molecule has 0 amide bonds. The molecule has 1 heterocycles. The molecule has 7 heteroatoms. The molecule has 2 aliphatic rings. The Morgan fingerprint density at radius 3 is 2.71 bits per heavy atom. The van der Waals surface area contributed by atoms with E-state index in [2.05, 4.69) is 10.2 Å². The molecule has 0 aromatic heterocycles. The molecule has 1 aromatic carbocycles. The number of halogens is 3. The van der Waals surface area contributed by atoms with Crippen LogP contribution >= 0.6 is 11.6 Å². The van der Waals surface area contributed by atoms with Gasteiger partial charge in [-0.15, -0.1) is 0 Å². The molecule has 0 spiro atoms. The van der Waals surface area contributed by atoms with Crippen molar-refractivity contribution in [1.82, 2.24) is 10.2 Å². The number of methoxy groups -OCH3 is 1. The highest BCUT2D eigenvalue weighted by Crippen LogP contribution is 2.42. The lowest BCUT2D eigenvalue weighted by atomic mass is 9.73. The molecule has 1 saturated heterocycles. The Balaban J connectivity index is 1.78. The second kappa shape index (κ2) is 13.5. The fourth-order valence-electron chi connectivity index (χ4n) is 6.11. The topological polar surface area (TPSA) is 44.7 Å². The minimum atomic E-state index is -1.28. The maximum atomic E-state index is 15.2. The molecule has 3 rings (SSSR count). The van der Waals surface area contributed by atoms with Gasteiger partial charge in [0, 0.05) is 44.3 Å². The highest BCUT2D eigenvalue weighted by Gasteiger charge is 2.43. The van der Waals surface area contributed by atoms with Gasteiger partial charge in [0.2, 0.25) is 0 Å². The van der Waals surface area contributed by atoms with Crippen molar-refractivity contribution in [2.45, 2.75) is 82.0 Å². The fourth-order valence-corrected chi connectivity index (χ4v) is 6.28. The van der Waals surface area contributed by atoms with E-state index >= 15 is 4.39 Å². The van der Waals surface area contributed by atoms with Gasteiger partial charge in [-0.1, -0.05) is 23.7 Å². The lowest BCUT2D eigenvalue weighted by Gasteiger charge is -2.46. The summed E-state index contributed by atoms with van der Waals surface area (Å²) in [5.41, 5.74) is -0.964. The van der Waals surface area contributed by atoms with Crippen molar-refractivity contribution >= 4 is 11.6 Å². The number of likely N-dealkylation sites (N-methyl/N-ethyl adjacent to an activating group) is 1. The van der Waals surface area contributed by atoms with E-state index in [0.29, 0.717) is 43.4 Å². The van der Waals surface area contributed by atoms with Crippen LogP contribution in [0.25, 0.3) is 0 Å². The van der Waals surface area contributed by atoms with Crippen molar-refractivity contribution in [3.63, 3.8) is 0 Å². The molecule has 0 radical (unpaired) electrons. The summed E-state index contributed by atoms with van der Waals surface area (Å²) in [6, 6.07) is 5.29. The van der Waals surface area contributed by atoms with Crippen molar-refractivity contribution in [3.8, 4) is 0 Å². The van der Waals surface area contributed by atoms with E-state index in [1.807, 2.05) is 7.05 Å². The summed E-state index contributed by atoms with van der Waals surface area (Å²) < 4.78 is 34.0. The summed E-state index contributed by atoms with van der Waals surface area (Å²) in [5.74, 6) is -0.0491. The molecule has 4 nitrogen and oxygen atoms in total. The first-order chi connectivity index (χ1) is 16.4. The van der Waals surface area contributed by atoms with Gasteiger partial charge in [-0.2, -0.15) is 0 Å². The van der Waals surface area contributed by atoms with Crippen LogP contribution in [-0.4, -0.2) is 62.6 Å². The van der Waals surface area contributed by atoms with Crippen molar-refractivity contribution in [2.24, 2.45) is 11.8 Å². The van der Waals surface area contributed by atoms with Gasteiger partial charge in [-0.05, 0) is 89.8 Å². The van der Waals surface area contributed by atoms with E-state index in [-0.39, 0.29) is 10.9 Å². The van der Waals surface area contributed by atoms with E-state index in [1.165, 1.54) is 6.07 Å². The average Bonchev–Trinajstić information content (AvgIpc) is 2.84. The molecular formula is C27H43ClF2N2O2. The van der Waals surface area contributed by atoms with Crippen LogP contribution in [-0.2, 0) is 10.3 Å². The predicted octanol–water partition coefficient (Wildman–Crippen LogP) is 5.70. The molecule has 34 heavy (non-hydrogen) atoms. The first-order valence-corrected chi connectivity index (χ1v) is 13.4. The van der Waals surface area contributed by atoms with Crippen molar-refractivity contribution < 1.29 is 18.6 Å². The largest absolute Gasteiger partial charge is 0.385 e. The lowest BCUT2D eigenvalue weighted by Crippen LogP contribution is -2.52. The van der Waals surface area contributed by atoms with Gasteiger partial charge in [-0.25, -0.2) is 8.78 Å². The molecule has 3 atom stereocenters. The summed E-state index contributed by atoms with van der Waals surface area (Å²) in [6.07, 6.45) is 7.51. The zero-order valence-corrected chi connectivity index (χ0v) is 21.6. The second-order valence-corrected chi connectivity index (χ2v) is 10.8. The molecule has 2 N–H and O–H groups in total. The van der Waals surface area contributed by atoms with Gasteiger partial charge in [0.05, 0.1) is 10.6 Å². The molecule has 2 fully saturated rings. The summed E-state index contributed by atoms with van der Waals surface area (Å²) in [7, 11) is 3.64. The highest BCUT2D eigenvalue weighted by atomic mass is 35.5. The van der Waals surface area contributed by atoms with Crippen LogP contribution in [0, 0.1) is 17.7 Å². The Kier molecular flexibility index (Phi) is 11.0. The van der Waals surface area contributed by atoms with Gasteiger partial charge in [0.15, 0.2) is 0 Å². The monoisotopic (exact) mass is 500 g/mol. The number of piperidine rings is 1. The van der Waals surface area contributed by atoms with Gasteiger partial charge >= 0.3 is 0 Å². The summed E-state index contributed by atoms with van der Waals surface area (Å²) in [4.78, 5) is 2.48. The fraction of sp³-hybridized carbons (Fsp3) is 0.778. The molecule has 194 valence electrons. The molecule has 1 aromatic rings. The van der Waals surface area contributed by atoms with Gasteiger partial charge in [0.25, 0.3) is 0 Å². The van der Waals surface area contributed by atoms with Crippen LogP contribution in [0.3, 0.4) is 0 Å². The van der Waals surface area contributed by atoms with Crippen molar-refractivity contribution in [2.75, 3.05) is 40.4 Å². The second-order valence-electron chi connectivity index (χ2n) is 10.4. The SMILES string of the molecule is CNCC(CC1CCC(F)CC1)N1CCC[C@@H]([C@@](O)(CCCCOC)c2cccc(Cl)c2F)C1.